The van der Waals surface area contributed by atoms with E-state index in [2.05, 4.69) is 26.5 Å². The quantitative estimate of drug-likeness (QED) is 0.541. The second-order valence-corrected chi connectivity index (χ2v) is 9.42. The molecule has 3 atom stereocenters. The van der Waals surface area contributed by atoms with E-state index in [0.717, 1.165) is 28.0 Å². The molecule has 0 radical (unpaired) electrons. The molecular formula is C21H22ClFN4O2S2. The Morgan fingerprint density at radius 3 is 2.81 bits per heavy atom. The van der Waals surface area contributed by atoms with Crippen LogP contribution in [-0.4, -0.2) is 39.9 Å². The van der Waals surface area contributed by atoms with Crippen molar-refractivity contribution < 1.29 is 13.4 Å². The van der Waals surface area contributed by atoms with Crippen molar-refractivity contribution in [1.82, 2.24) is 14.0 Å². The fraction of sp³-hybridized carbons (Fsp3) is 0.238. The van der Waals surface area contributed by atoms with Gasteiger partial charge >= 0.3 is 0 Å². The van der Waals surface area contributed by atoms with Gasteiger partial charge in [0.05, 0.1) is 17.1 Å². The van der Waals surface area contributed by atoms with Crippen LogP contribution in [0.4, 0.5) is 10.1 Å². The van der Waals surface area contributed by atoms with Gasteiger partial charge < -0.3 is 10.1 Å². The van der Waals surface area contributed by atoms with Gasteiger partial charge in [-0.2, -0.15) is 0 Å². The third-order valence-corrected chi connectivity index (χ3v) is 7.39. The number of benzene rings is 1. The van der Waals surface area contributed by atoms with Crippen LogP contribution < -0.4 is 10.0 Å². The molecule has 2 N–H and O–H groups in total. The van der Waals surface area contributed by atoms with Crippen molar-refractivity contribution in [3.05, 3.63) is 69.9 Å². The SMILES string of the molecule is CN1C(C=O)CC(c2cc(-c3cccnc3)cs2)NS1=O.CNc1ccc(F)c(Cl)c1. The minimum Gasteiger partial charge on any atom is -0.388 e. The molecule has 164 valence electrons. The van der Waals surface area contributed by atoms with Gasteiger partial charge in [0, 0.05) is 42.6 Å². The van der Waals surface area contributed by atoms with E-state index in [4.69, 9.17) is 11.6 Å². The summed E-state index contributed by atoms with van der Waals surface area (Å²) in [4.78, 5) is 16.3. The smallest absolute Gasteiger partial charge is 0.170 e. The first-order valence-electron chi connectivity index (χ1n) is 9.40. The van der Waals surface area contributed by atoms with Crippen LogP contribution in [0.2, 0.25) is 5.02 Å². The van der Waals surface area contributed by atoms with Gasteiger partial charge in [-0.25, -0.2) is 17.6 Å². The van der Waals surface area contributed by atoms with Crippen molar-refractivity contribution in [2.24, 2.45) is 0 Å². The van der Waals surface area contributed by atoms with Gasteiger partial charge in [0.2, 0.25) is 0 Å². The van der Waals surface area contributed by atoms with Crippen LogP contribution in [0.15, 0.2) is 54.2 Å². The minimum absolute atomic E-state index is 0.0624. The molecule has 3 aromatic rings. The lowest BCUT2D eigenvalue weighted by Gasteiger charge is -2.32. The van der Waals surface area contributed by atoms with E-state index >= 15 is 0 Å². The molecule has 3 heterocycles. The summed E-state index contributed by atoms with van der Waals surface area (Å²) in [5.41, 5.74) is 2.96. The summed E-state index contributed by atoms with van der Waals surface area (Å²) in [7, 11) is 3.44. The van der Waals surface area contributed by atoms with Crippen molar-refractivity contribution in [3.8, 4) is 11.1 Å². The van der Waals surface area contributed by atoms with Crippen LogP contribution in [0, 0.1) is 5.82 Å². The average Bonchev–Trinajstić information content (AvgIpc) is 3.29. The number of hydrogen-bond acceptors (Lipinski definition) is 5. The number of pyridine rings is 1. The van der Waals surface area contributed by atoms with E-state index in [1.165, 1.54) is 12.1 Å². The van der Waals surface area contributed by atoms with Crippen LogP contribution in [0.25, 0.3) is 11.1 Å². The number of anilines is 1. The highest BCUT2D eigenvalue weighted by molar-refractivity contribution is 7.80. The number of halogens is 2. The van der Waals surface area contributed by atoms with Crippen LogP contribution in [0.1, 0.15) is 17.3 Å². The number of hydrogen-bond donors (Lipinski definition) is 2. The molecule has 2 aromatic heterocycles. The lowest BCUT2D eigenvalue weighted by Crippen LogP contribution is -2.48. The lowest BCUT2D eigenvalue weighted by atomic mass is 10.1. The summed E-state index contributed by atoms with van der Waals surface area (Å²) < 4.78 is 29.1. The fourth-order valence-electron chi connectivity index (χ4n) is 2.95. The number of carbonyl (C=O) groups is 1. The number of carbonyl (C=O) groups excluding carboxylic acids is 1. The molecule has 0 spiro atoms. The molecule has 1 saturated heterocycles. The van der Waals surface area contributed by atoms with Gasteiger partial charge in [0.15, 0.2) is 11.2 Å². The molecule has 0 aliphatic carbocycles. The molecule has 10 heteroatoms. The summed E-state index contributed by atoms with van der Waals surface area (Å²) in [6, 6.07) is 10.1. The minimum atomic E-state index is -1.33. The Kier molecular flexibility index (Phi) is 8.28. The number of aldehydes is 1. The second-order valence-electron chi connectivity index (χ2n) is 6.76. The van der Waals surface area contributed by atoms with Crippen LogP contribution in [0.3, 0.4) is 0 Å². The van der Waals surface area contributed by atoms with Crippen molar-refractivity contribution in [2.75, 3.05) is 19.4 Å². The molecule has 0 amide bonds. The number of aromatic nitrogens is 1. The van der Waals surface area contributed by atoms with Crippen LogP contribution in [0.5, 0.6) is 0 Å². The van der Waals surface area contributed by atoms with E-state index in [1.54, 1.807) is 42.0 Å². The van der Waals surface area contributed by atoms with Gasteiger partial charge in [-0.15, -0.1) is 11.3 Å². The maximum Gasteiger partial charge on any atom is 0.170 e. The van der Waals surface area contributed by atoms with Crippen molar-refractivity contribution in [3.63, 3.8) is 0 Å². The summed E-state index contributed by atoms with van der Waals surface area (Å²) in [5.74, 6) is -0.388. The van der Waals surface area contributed by atoms with Gasteiger partial charge in [-0.1, -0.05) is 17.7 Å². The van der Waals surface area contributed by atoms with Crippen molar-refractivity contribution >= 4 is 46.1 Å². The molecule has 6 nitrogen and oxygen atoms in total. The summed E-state index contributed by atoms with van der Waals surface area (Å²) in [5, 5.41) is 5.05. The van der Waals surface area contributed by atoms with Gasteiger partial charge in [0.25, 0.3) is 0 Å². The first kappa shape index (κ1) is 23.5. The number of rotatable bonds is 4. The first-order chi connectivity index (χ1) is 14.9. The van der Waals surface area contributed by atoms with Crippen LogP contribution >= 0.6 is 22.9 Å². The van der Waals surface area contributed by atoms with Gasteiger partial charge in [0.1, 0.15) is 12.1 Å². The lowest BCUT2D eigenvalue weighted by molar-refractivity contribution is -0.111. The maximum atomic E-state index is 12.5. The third kappa shape index (κ3) is 5.96. The van der Waals surface area contributed by atoms with Gasteiger partial charge in [-0.3, -0.25) is 4.98 Å². The Bertz CT molecular complexity index is 1050. The molecular weight excluding hydrogens is 459 g/mol. The predicted molar refractivity (Wildman–Crippen MR) is 125 cm³/mol. The summed E-state index contributed by atoms with van der Waals surface area (Å²) in [6.07, 6.45) is 5.05. The number of nitrogens with zero attached hydrogens (tertiary/aromatic N) is 2. The van der Waals surface area contributed by atoms with E-state index in [1.807, 2.05) is 18.3 Å². The van der Waals surface area contributed by atoms with Crippen molar-refractivity contribution in [1.29, 1.82) is 0 Å². The van der Waals surface area contributed by atoms with Gasteiger partial charge in [-0.05, 0) is 47.7 Å². The Morgan fingerprint density at radius 2 is 2.16 bits per heavy atom. The fourth-order valence-corrected chi connectivity index (χ4v) is 5.20. The summed E-state index contributed by atoms with van der Waals surface area (Å²) >= 11 is 5.75. The average molecular weight is 481 g/mol. The van der Waals surface area contributed by atoms with E-state index < -0.39 is 11.2 Å². The highest BCUT2D eigenvalue weighted by atomic mass is 35.5. The standard InChI is InChI=1S/C14H15N3O2S2.C7H7ClFN/c1-17-12(8-18)6-13(16-21(17)19)14-5-11(9-20-14)10-3-2-4-15-7-10;1-10-5-2-3-7(9)6(8)4-5/h2-5,7-9,12-13,16H,6H2,1H3;2-4,10H,1H3. The molecule has 1 fully saturated rings. The monoisotopic (exact) mass is 480 g/mol. The van der Waals surface area contributed by atoms with E-state index in [-0.39, 0.29) is 22.9 Å². The zero-order chi connectivity index (χ0) is 22.4. The molecule has 31 heavy (non-hydrogen) atoms. The molecule has 1 aliphatic heterocycles. The molecule has 3 unspecified atom stereocenters. The highest BCUT2D eigenvalue weighted by Crippen LogP contribution is 2.33. The normalized spacial score (nSPS) is 21.1. The molecule has 0 saturated carbocycles. The zero-order valence-corrected chi connectivity index (χ0v) is 19.3. The Morgan fingerprint density at radius 1 is 1.35 bits per heavy atom. The largest absolute Gasteiger partial charge is 0.388 e. The van der Waals surface area contributed by atoms with E-state index in [0.29, 0.717) is 6.42 Å². The molecule has 1 aromatic carbocycles. The van der Waals surface area contributed by atoms with E-state index in [9.17, 15) is 13.4 Å². The number of nitrogens with one attached hydrogen (secondary N) is 2. The first-order valence-corrected chi connectivity index (χ1v) is 11.8. The Balaban J connectivity index is 0.000000229. The maximum absolute atomic E-state index is 12.5. The van der Waals surface area contributed by atoms with Crippen LogP contribution in [-0.2, 0) is 16.0 Å². The predicted octanol–water partition coefficient (Wildman–Crippen LogP) is 4.44. The number of likely N-dealkylation sites (N-methyl/N-ethyl adjacent to an activating group) is 1. The molecule has 1 aliphatic rings. The second kappa shape index (κ2) is 10.9. The Hall–Kier alpha value is -2.17. The molecule has 4 rings (SSSR count). The highest BCUT2D eigenvalue weighted by Gasteiger charge is 2.32. The Labute approximate surface area is 192 Å². The third-order valence-electron chi connectivity index (χ3n) is 4.77. The number of thiophene rings is 1. The topological polar surface area (TPSA) is 74.3 Å². The summed E-state index contributed by atoms with van der Waals surface area (Å²) in [6.45, 7) is 0. The zero-order valence-electron chi connectivity index (χ0n) is 16.9. The molecule has 0 bridgehead atoms. The van der Waals surface area contributed by atoms with Crippen molar-refractivity contribution in [2.45, 2.75) is 18.5 Å².